The average Bonchev–Trinajstić information content (AvgIpc) is 3.08. The Kier molecular flexibility index (Phi) is 6.93. The summed E-state index contributed by atoms with van der Waals surface area (Å²) in [5.41, 5.74) is 6.93. The van der Waals surface area contributed by atoms with E-state index in [1.165, 1.54) is 0 Å². The molecule has 0 saturated carbocycles. The molecule has 7 heteroatoms. The zero-order chi connectivity index (χ0) is 17.0. The van der Waals surface area contributed by atoms with Crippen molar-refractivity contribution in [3.8, 4) is 11.5 Å². The van der Waals surface area contributed by atoms with Gasteiger partial charge in [0.15, 0.2) is 11.5 Å². The summed E-state index contributed by atoms with van der Waals surface area (Å²) in [5.74, 6) is 1.46. The smallest absolute Gasteiger partial charge is 0.236 e. The number of carbonyl (C=O) groups excluding carboxylic acids is 1. The van der Waals surface area contributed by atoms with Crippen molar-refractivity contribution >= 4 is 18.3 Å². The largest absolute Gasteiger partial charge is 0.454 e. The molecule has 3 N–H and O–H groups in total. The van der Waals surface area contributed by atoms with Gasteiger partial charge in [-0.3, -0.25) is 4.79 Å². The van der Waals surface area contributed by atoms with Crippen LogP contribution in [0.4, 0.5) is 0 Å². The lowest BCUT2D eigenvalue weighted by atomic mass is 9.74. The van der Waals surface area contributed by atoms with E-state index >= 15 is 0 Å². The van der Waals surface area contributed by atoms with E-state index in [0.717, 1.165) is 36.3 Å². The number of nitrogens with one attached hydrogen (secondary N) is 1. The van der Waals surface area contributed by atoms with Gasteiger partial charge in [0.1, 0.15) is 0 Å². The normalized spacial score (nSPS) is 19.0. The standard InChI is InChI=1S/C18H26N2O4.ClH/c1-2-3-14(19)17(21)20-11-18(6-8-22-9-7-18)13-4-5-15-16(10-13)24-12-23-15;/h4-5,10,14H,2-3,6-9,11-12,19H2,1H3,(H,20,21);1H. The number of halogens is 1. The van der Waals surface area contributed by atoms with Crippen LogP contribution in [0.15, 0.2) is 18.2 Å². The first kappa shape index (κ1) is 19.8. The van der Waals surface area contributed by atoms with Gasteiger partial charge in [-0.2, -0.15) is 0 Å². The molecule has 0 aromatic heterocycles. The predicted molar refractivity (Wildman–Crippen MR) is 97.4 cm³/mol. The minimum Gasteiger partial charge on any atom is -0.454 e. The summed E-state index contributed by atoms with van der Waals surface area (Å²) >= 11 is 0. The van der Waals surface area contributed by atoms with E-state index in [0.29, 0.717) is 26.2 Å². The SMILES string of the molecule is CCCC(N)C(=O)NCC1(c2ccc3c(c2)OCO3)CCOCC1.Cl. The van der Waals surface area contributed by atoms with Crippen molar-refractivity contribution in [2.24, 2.45) is 5.73 Å². The van der Waals surface area contributed by atoms with Gasteiger partial charge in [-0.1, -0.05) is 19.4 Å². The van der Waals surface area contributed by atoms with Crippen LogP contribution in [0.5, 0.6) is 11.5 Å². The lowest BCUT2D eigenvalue weighted by molar-refractivity contribution is -0.123. The minimum atomic E-state index is -0.441. The molecule has 6 nitrogen and oxygen atoms in total. The molecule has 2 aliphatic heterocycles. The van der Waals surface area contributed by atoms with Crippen LogP contribution in [-0.2, 0) is 14.9 Å². The molecule has 25 heavy (non-hydrogen) atoms. The van der Waals surface area contributed by atoms with Crippen molar-refractivity contribution in [2.75, 3.05) is 26.6 Å². The number of fused-ring (bicyclic) bond motifs is 1. The van der Waals surface area contributed by atoms with Crippen LogP contribution in [0.1, 0.15) is 38.2 Å². The highest BCUT2D eigenvalue weighted by Gasteiger charge is 2.36. The Labute approximate surface area is 154 Å². The van der Waals surface area contributed by atoms with E-state index in [1.54, 1.807) is 0 Å². The lowest BCUT2D eigenvalue weighted by Crippen LogP contribution is -2.48. The van der Waals surface area contributed by atoms with E-state index in [2.05, 4.69) is 11.4 Å². The summed E-state index contributed by atoms with van der Waals surface area (Å²) in [6, 6.07) is 5.60. The molecule has 1 aromatic carbocycles. The first-order chi connectivity index (χ1) is 11.6. The van der Waals surface area contributed by atoms with Crippen LogP contribution in [0.2, 0.25) is 0 Å². The second-order valence-electron chi connectivity index (χ2n) is 6.57. The lowest BCUT2D eigenvalue weighted by Gasteiger charge is -2.38. The molecule has 3 rings (SSSR count). The summed E-state index contributed by atoms with van der Waals surface area (Å²) < 4.78 is 16.4. The number of amides is 1. The third-order valence-corrected chi connectivity index (χ3v) is 4.97. The molecule has 1 atom stereocenters. The van der Waals surface area contributed by atoms with Crippen LogP contribution in [0, 0.1) is 0 Å². The molecule has 1 saturated heterocycles. The summed E-state index contributed by atoms with van der Waals surface area (Å²) in [5, 5.41) is 3.05. The molecule has 0 radical (unpaired) electrons. The number of hydrogen-bond donors (Lipinski definition) is 2. The van der Waals surface area contributed by atoms with Crippen molar-refractivity contribution < 1.29 is 19.0 Å². The molecular formula is C18H27ClN2O4. The van der Waals surface area contributed by atoms with E-state index < -0.39 is 6.04 Å². The number of hydrogen-bond acceptors (Lipinski definition) is 5. The van der Waals surface area contributed by atoms with Gasteiger partial charge in [-0.15, -0.1) is 12.4 Å². The minimum absolute atomic E-state index is 0. The van der Waals surface area contributed by atoms with Gasteiger partial charge in [0.2, 0.25) is 12.7 Å². The van der Waals surface area contributed by atoms with Gasteiger partial charge < -0.3 is 25.3 Å². The Morgan fingerprint density at radius 3 is 2.72 bits per heavy atom. The summed E-state index contributed by atoms with van der Waals surface area (Å²) in [6.07, 6.45) is 3.31. The molecule has 2 aliphatic rings. The fourth-order valence-electron chi connectivity index (χ4n) is 3.39. The van der Waals surface area contributed by atoms with E-state index in [1.807, 2.05) is 19.1 Å². The number of benzene rings is 1. The zero-order valence-electron chi connectivity index (χ0n) is 14.6. The van der Waals surface area contributed by atoms with E-state index in [-0.39, 0.29) is 30.5 Å². The summed E-state index contributed by atoms with van der Waals surface area (Å²) in [7, 11) is 0. The third-order valence-electron chi connectivity index (χ3n) is 4.97. The van der Waals surface area contributed by atoms with Crippen LogP contribution in [-0.4, -0.2) is 38.5 Å². The van der Waals surface area contributed by atoms with E-state index in [4.69, 9.17) is 19.9 Å². The van der Waals surface area contributed by atoms with Crippen LogP contribution in [0.3, 0.4) is 0 Å². The van der Waals surface area contributed by atoms with Gasteiger partial charge in [0.05, 0.1) is 6.04 Å². The first-order valence-electron chi connectivity index (χ1n) is 8.66. The maximum Gasteiger partial charge on any atom is 0.236 e. The number of carbonyl (C=O) groups is 1. The molecule has 0 bridgehead atoms. The second-order valence-corrected chi connectivity index (χ2v) is 6.57. The molecular weight excluding hydrogens is 344 g/mol. The highest BCUT2D eigenvalue weighted by Crippen LogP contribution is 2.40. The zero-order valence-corrected chi connectivity index (χ0v) is 15.4. The highest BCUT2D eigenvalue weighted by molar-refractivity contribution is 5.85. The molecule has 1 fully saturated rings. The van der Waals surface area contributed by atoms with Gasteiger partial charge in [-0.25, -0.2) is 0 Å². The monoisotopic (exact) mass is 370 g/mol. The summed E-state index contributed by atoms with van der Waals surface area (Å²) in [6.45, 7) is 4.22. The van der Waals surface area contributed by atoms with Crippen molar-refractivity contribution in [1.29, 1.82) is 0 Å². The molecule has 0 spiro atoms. The van der Waals surface area contributed by atoms with Crippen molar-refractivity contribution in [2.45, 2.75) is 44.1 Å². The highest BCUT2D eigenvalue weighted by atomic mass is 35.5. The fraction of sp³-hybridized carbons (Fsp3) is 0.611. The van der Waals surface area contributed by atoms with Gasteiger partial charge in [0, 0.05) is 25.2 Å². The first-order valence-corrected chi connectivity index (χ1v) is 8.66. The Balaban J connectivity index is 0.00000225. The van der Waals surface area contributed by atoms with Crippen LogP contribution in [0.25, 0.3) is 0 Å². The number of rotatable bonds is 6. The predicted octanol–water partition coefficient (Wildman–Crippen LogP) is 2.13. The fourth-order valence-corrected chi connectivity index (χ4v) is 3.39. The average molecular weight is 371 g/mol. The van der Waals surface area contributed by atoms with Gasteiger partial charge in [0.25, 0.3) is 0 Å². The molecule has 0 aliphatic carbocycles. The topological polar surface area (TPSA) is 82.8 Å². The second kappa shape index (κ2) is 8.74. The van der Waals surface area contributed by atoms with Crippen LogP contribution >= 0.6 is 12.4 Å². The number of nitrogens with two attached hydrogens (primary N) is 1. The Hall–Kier alpha value is -1.50. The maximum atomic E-state index is 12.2. The molecule has 140 valence electrons. The van der Waals surface area contributed by atoms with Crippen LogP contribution < -0.4 is 20.5 Å². The molecule has 1 amide bonds. The molecule has 2 heterocycles. The quantitative estimate of drug-likeness (QED) is 0.801. The Morgan fingerprint density at radius 2 is 2.00 bits per heavy atom. The van der Waals surface area contributed by atoms with Crippen molar-refractivity contribution in [3.63, 3.8) is 0 Å². The Morgan fingerprint density at radius 1 is 1.28 bits per heavy atom. The van der Waals surface area contributed by atoms with Gasteiger partial charge in [-0.05, 0) is 37.0 Å². The van der Waals surface area contributed by atoms with Crippen molar-refractivity contribution in [1.82, 2.24) is 5.32 Å². The number of ether oxygens (including phenoxy) is 3. The third kappa shape index (κ3) is 4.37. The Bertz CT molecular complexity index is 590. The molecule has 1 unspecified atom stereocenters. The van der Waals surface area contributed by atoms with Gasteiger partial charge >= 0.3 is 0 Å². The van der Waals surface area contributed by atoms with Crippen molar-refractivity contribution in [3.05, 3.63) is 23.8 Å². The van der Waals surface area contributed by atoms with E-state index in [9.17, 15) is 4.79 Å². The summed E-state index contributed by atoms with van der Waals surface area (Å²) in [4.78, 5) is 12.2. The maximum absolute atomic E-state index is 12.2. The molecule has 1 aromatic rings.